The van der Waals surface area contributed by atoms with Crippen LogP contribution in [-0.4, -0.2) is 40.1 Å². The molecule has 11 heteroatoms. The topological polar surface area (TPSA) is 74.2 Å². The monoisotopic (exact) mass is 504 g/mol. The lowest BCUT2D eigenvalue weighted by molar-refractivity contribution is -0.141. The molecule has 0 radical (unpaired) electrons. The number of nitrogens with zero attached hydrogens (tertiary/aromatic N) is 5. The Morgan fingerprint density at radius 1 is 1.12 bits per heavy atom. The number of anilines is 3. The average Bonchev–Trinajstić information content (AvgIpc) is 3.17. The maximum absolute atomic E-state index is 13.2. The number of amides is 2. The number of rotatable bonds is 2. The molecule has 2 bridgehead atoms. The molecule has 1 saturated heterocycles. The third kappa shape index (κ3) is 3.77. The Kier molecular flexibility index (Phi) is 5.00. The third-order valence-corrected chi connectivity index (χ3v) is 5.97. The molecule has 164 valence electrons. The van der Waals surface area contributed by atoms with E-state index in [1.165, 1.54) is 6.07 Å². The summed E-state index contributed by atoms with van der Waals surface area (Å²) in [4.78, 5) is 29.1. The Balaban J connectivity index is 1.53. The van der Waals surface area contributed by atoms with E-state index in [1.54, 1.807) is 35.4 Å². The van der Waals surface area contributed by atoms with Gasteiger partial charge in [-0.25, -0.2) is 14.8 Å². The van der Waals surface area contributed by atoms with E-state index in [0.29, 0.717) is 23.9 Å². The van der Waals surface area contributed by atoms with Crippen molar-refractivity contribution in [3.05, 3.63) is 59.0 Å². The normalized spacial score (nSPS) is 17.3. The fraction of sp³-hybridized carbons (Fsp3) is 0.238. The van der Waals surface area contributed by atoms with Gasteiger partial charge in [-0.3, -0.25) is 15.2 Å². The van der Waals surface area contributed by atoms with Crippen LogP contribution in [0.2, 0.25) is 0 Å². The molecule has 2 aliphatic rings. The fourth-order valence-corrected chi connectivity index (χ4v) is 4.36. The van der Waals surface area contributed by atoms with Crippen molar-refractivity contribution in [2.75, 3.05) is 28.2 Å². The number of hydrogen-bond donors (Lipinski definition) is 1. The van der Waals surface area contributed by atoms with Crippen molar-refractivity contribution >= 4 is 39.3 Å². The highest BCUT2D eigenvalue weighted by Crippen LogP contribution is 2.40. The summed E-state index contributed by atoms with van der Waals surface area (Å²) in [7, 11) is 0. The fourth-order valence-electron chi connectivity index (χ4n) is 4.02. The van der Waals surface area contributed by atoms with Crippen LogP contribution >= 0.6 is 15.9 Å². The smallest absolute Gasteiger partial charge is 0.366 e. The standard InChI is InChI=1S/C21H16BrF3N6O/c22-13-4-7-27-18(10-13)29-20(32)31-14-5-8-30(11-14)16-2-1-15(28-19(16)31)12-3-6-26-17(9-12)21(23,24)25/h1-4,6-7,9-10,14H,5,8,11H2,(H,27,29,32)/t14-/m0/s1. The summed E-state index contributed by atoms with van der Waals surface area (Å²) in [6.45, 7) is 1.44. The molecule has 5 heterocycles. The molecule has 1 atom stereocenters. The predicted molar refractivity (Wildman–Crippen MR) is 117 cm³/mol. The van der Waals surface area contributed by atoms with Gasteiger partial charge >= 0.3 is 12.2 Å². The molecule has 0 aliphatic carbocycles. The highest BCUT2D eigenvalue weighted by Gasteiger charge is 2.40. The molecule has 0 aromatic carbocycles. The number of fused-ring (bicyclic) bond motifs is 4. The second kappa shape index (κ2) is 7.73. The molecule has 2 amide bonds. The minimum atomic E-state index is -4.56. The summed E-state index contributed by atoms with van der Waals surface area (Å²) in [5.74, 6) is 0.792. The van der Waals surface area contributed by atoms with Crippen LogP contribution in [0.1, 0.15) is 12.1 Å². The van der Waals surface area contributed by atoms with Crippen molar-refractivity contribution < 1.29 is 18.0 Å². The highest BCUT2D eigenvalue weighted by molar-refractivity contribution is 9.10. The lowest BCUT2D eigenvalue weighted by Crippen LogP contribution is -2.48. The predicted octanol–water partition coefficient (Wildman–Crippen LogP) is 4.95. The van der Waals surface area contributed by atoms with Gasteiger partial charge in [-0.05, 0) is 42.8 Å². The summed E-state index contributed by atoms with van der Waals surface area (Å²) >= 11 is 3.35. The maximum Gasteiger partial charge on any atom is 0.433 e. The molecule has 3 aromatic heterocycles. The largest absolute Gasteiger partial charge is 0.433 e. The second-order valence-corrected chi connectivity index (χ2v) is 8.43. The van der Waals surface area contributed by atoms with Crippen LogP contribution in [0.4, 0.5) is 35.3 Å². The lowest BCUT2D eigenvalue weighted by Gasteiger charge is -2.35. The number of halogens is 4. The van der Waals surface area contributed by atoms with Crippen LogP contribution in [0.3, 0.4) is 0 Å². The Morgan fingerprint density at radius 3 is 2.72 bits per heavy atom. The van der Waals surface area contributed by atoms with Crippen molar-refractivity contribution in [2.45, 2.75) is 18.6 Å². The first-order valence-electron chi connectivity index (χ1n) is 9.81. The number of carbonyl (C=O) groups excluding carboxylic acids is 1. The molecule has 1 N–H and O–H groups in total. The van der Waals surface area contributed by atoms with Crippen molar-refractivity contribution in [1.82, 2.24) is 15.0 Å². The minimum Gasteiger partial charge on any atom is -0.366 e. The van der Waals surface area contributed by atoms with Crippen LogP contribution < -0.4 is 15.1 Å². The van der Waals surface area contributed by atoms with Gasteiger partial charge in [-0.2, -0.15) is 13.2 Å². The highest BCUT2D eigenvalue weighted by atomic mass is 79.9. The molecular weight excluding hydrogens is 489 g/mol. The number of carbonyl (C=O) groups is 1. The maximum atomic E-state index is 13.2. The van der Waals surface area contributed by atoms with Crippen LogP contribution in [0.25, 0.3) is 11.3 Å². The van der Waals surface area contributed by atoms with Crippen molar-refractivity contribution in [1.29, 1.82) is 0 Å². The molecular formula is C21H16BrF3N6O. The van der Waals surface area contributed by atoms with E-state index >= 15 is 0 Å². The van der Waals surface area contributed by atoms with Crippen LogP contribution in [0, 0.1) is 0 Å². The van der Waals surface area contributed by atoms with E-state index in [1.807, 2.05) is 0 Å². The molecule has 32 heavy (non-hydrogen) atoms. The van der Waals surface area contributed by atoms with Gasteiger partial charge in [0.25, 0.3) is 0 Å². The van der Waals surface area contributed by atoms with Gasteiger partial charge in [0.15, 0.2) is 5.82 Å². The average molecular weight is 505 g/mol. The molecule has 0 spiro atoms. The summed E-state index contributed by atoms with van der Waals surface area (Å²) in [5, 5.41) is 2.79. The van der Waals surface area contributed by atoms with Crippen LogP contribution in [0.5, 0.6) is 0 Å². The number of urea groups is 1. The summed E-state index contributed by atoms with van der Waals surface area (Å²) < 4.78 is 40.1. The first-order chi connectivity index (χ1) is 15.3. The molecule has 3 aromatic rings. The lowest BCUT2D eigenvalue weighted by atomic mass is 10.1. The Labute approximate surface area is 189 Å². The summed E-state index contributed by atoms with van der Waals surface area (Å²) in [6.07, 6.45) is -1.12. The Morgan fingerprint density at radius 2 is 1.94 bits per heavy atom. The van der Waals surface area contributed by atoms with Gasteiger partial charge in [-0.1, -0.05) is 15.9 Å². The zero-order valence-corrected chi connectivity index (χ0v) is 18.1. The number of pyridine rings is 3. The molecule has 0 unspecified atom stereocenters. The number of hydrogen-bond acceptors (Lipinski definition) is 5. The summed E-state index contributed by atoms with van der Waals surface area (Å²) in [5.41, 5.74) is 0.383. The first-order valence-corrected chi connectivity index (χ1v) is 10.6. The van der Waals surface area contributed by atoms with E-state index in [9.17, 15) is 18.0 Å². The van der Waals surface area contributed by atoms with E-state index < -0.39 is 17.9 Å². The van der Waals surface area contributed by atoms with E-state index in [2.05, 4.69) is 41.1 Å². The summed E-state index contributed by atoms with van der Waals surface area (Å²) in [6, 6.07) is 8.84. The van der Waals surface area contributed by atoms with Crippen LogP contribution in [0.15, 0.2) is 53.3 Å². The van der Waals surface area contributed by atoms with Crippen molar-refractivity contribution in [3.8, 4) is 11.3 Å². The van der Waals surface area contributed by atoms with Gasteiger partial charge in [0, 0.05) is 35.5 Å². The van der Waals surface area contributed by atoms with E-state index in [0.717, 1.165) is 35.4 Å². The molecule has 5 rings (SSSR count). The van der Waals surface area contributed by atoms with Crippen LogP contribution in [-0.2, 0) is 6.18 Å². The number of aromatic nitrogens is 3. The molecule has 2 aliphatic heterocycles. The minimum absolute atomic E-state index is 0.0967. The molecule has 7 nitrogen and oxygen atoms in total. The zero-order valence-electron chi connectivity index (χ0n) is 16.5. The third-order valence-electron chi connectivity index (χ3n) is 5.47. The van der Waals surface area contributed by atoms with Gasteiger partial charge in [0.2, 0.25) is 0 Å². The van der Waals surface area contributed by atoms with E-state index in [4.69, 9.17) is 0 Å². The SMILES string of the molecule is O=C(Nc1cc(Br)ccn1)N1c2nc(-c3ccnc(C(F)(F)F)c3)ccc2N2CC[C@H]1C2. The van der Waals surface area contributed by atoms with Gasteiger partial charge in [-0.15, -0.1) is 0 Å². The molecule has 0 saturated carbocycles. The quantitative estimate of drug-likeness (QED) is 0.534. The Hall–Kier alpha value is -3.21. The van der Waals surface area contributed by atoms with Gasteiger partial charge < -0.3 is 4.90 Å². The second-order valence-electron chi connectivity index (χ2n) is 7.51. The zero-order chi connectivity index (χ0) is 22.5. The first kappa shape index (κ1) is 20.7. The van der Waals surface area contributed by atoms with Gasteiger partial charge in [0.05, 0.1) is 17.4 Å². The van der Waals surface area contributed by atoms with E-state index in [-0.39, 0.29) is 11.6 Å². The number of nitrogens with one attached hydrogen (secondary N) is 1. The molecule has 1 fully saturated rings. The number of alkyl halides is 3. The van der Waals surface area contributed by atoms with Crippen molar-refractivity contribution in [2.24, 2.45) is 0 Å². The Bertz CT molecular complexity index is 1200. The van der Waals surface area contributed by atoms with Crippen molar-refractivity contribution in [3.63, 3.8) is 0 Å². The van der Waals surface area contributed by atoms with Gasteiger partial charge in [0.1, 0.15) is 11.5 Å².